The minimum Gasteiger partial charge on any atom is -0.505 e. The van der Waals surface area contributed by atoms with E-state index in [-0.39, 0.29) is 18.8 Å². The zero-order valence-corrected chi connectivity index (χ0v) is 9.46. The average Bonchev–Trinajstić information content (AvgIpc) is 2.21. The number of aromatic hydroxyl groups is 1. The standard InChI is InChI=1S/C10H12FNO3.ClH/c1-15-10(14)5-8(12)6-2-3-9(13)7(11)4-6;/h2-4,8,13H,5,12H2,1H3;1H/t8-;/m0./s1. The fourth-order valence-electron chi connectivity index (χ4n) is 1.13. The van der Waals surface area contributed by atoms with Crippen LogP contribution in [-0.4, -0.2) is 18.2 Å². The van der Waals surface area contributed by atoms with Crippen molar-refractivity contribution in [3.05, 3.63) is 29.6 Å². The molecule has 0 unspecified atom stereocenters. The van der Waals surface area contributed by atoms with E-state index >= 15 is 0 Å². The number of carbonyl (C=O) groups is 1. The molecule has 0 aliphatic heterocycles. The second-order valence-corrected chi connectivity index (χ2v) is 3.10. The van der Waals surface area contributed by atoms with Gasteiger partial charge < -0.3 is 15.6 Å². The highest BCUT2D eigenvalue weighted by molar-refractivity contribution is 5.85. The predicted octanol–water partition coefficient (Wildman–Crippen LogP) is 1.52. The van der Waals surface area contributed by atoms with Crippen molar-refractivity contribution in [3.63, 3.8) is 0 Å². The molecule has 0 amide bonds. The van der Waals surface area contributed by atoms with Crippen LogP contribution in [0, 0.1) is 5.82 Å². The molecule has 4 nitrogen and oxygen atoms in total. The Morgan fingerprint density at radius 3 is 2.75 bits per heavy atom. The van der Waals surface area contributed by atoms with Crippen LogP contribution in [0.2, 0.25) is 0 Å². The van der Waals surface area contributed by atoms with Crippen LogP contribution >= 0.6 is 12.4 Å². The van der Waals surface area contributed by atoms with Crippen LogP contribution < -0.4 is 5.73 Å². The van der Waals surface area contributed by atoms with Gasteiger partial charge in [-0.1, -0.05) is 6.07 Å². The fourth-order valence-corrected chi connectivity index (χ4v) is 1.13. The van der Waals surface area contributed by atoms with Gasteiger partial charge in [-0.2, -0.15) is 0 Å². The van der Waals surface area contributed by atoms with Gasteiger partial charge in [-0.05, 0) is 17.7 Å². The van der Waals surface area contributed by atoms with Gasteiger partial charge in [-0.25, -0.2) is 4.39 Å². The Morgan fingerprint density at radius 1 is 1.62 bits per heavy atom. The van der Waals surface area contributed by atoms with Crippen LogP contribution in [0.1, 0.15) is 18.0 Å². The lowest BCUT2D eigenvalue weighted by atomic mass is 10.0. The highest BCUT2D eigenvalue weighted by Gasteiger charge is 2.13. The molecular weight excluding hydrogens is 237 g/mol. The number of hydrogen-bond donors (Lipinski definition) is 2. The van der Waals surface area contributed by atoms with E-state index in [4.69, 9.17) is 10.8 Å². The molecule has 1 aromatic carbocycles. The lowest BCUT2D eigenvalue weighted by Crippen LogP contribution is -2.16. The maximum Gasteiger partial charge on any atom is 0.307 e. The maximum absolute atomic E-state index is 12.9. The van der Waals surface area contributed by atoms with Gasteiger partial charge >= 0.3 is 5.97 Å². The molecule has 0 aromatic heterocycles. The molecule has 0 saturated heterocycles. The minimum absolute atomic E-state index is 0. The maximum atomic E-state index is 12.9. The SMILES string of the molecule is COC(=O)C[C@H](N)c1ccc(O)c(F)c1.Cl. The van der Waals surface area contributed by atoms with Crippen molar-refractivity contribution in [2.45, 2.75) is 12.5 Å². The number of carbonyl (C=O) groups excluding carboxylic acids is 1. The van der Waals surface area contributed by atoms with E-state index in [0.717, 1.165) is 6.07 Å². The molecule has 6 heteroatoms. The van der Waals surface area contributed by atoms with Gasteiger partial charge in [0.25, 0.3) is 0 Å². The van der Waals surface area contributed by atoms with Gasteiger partial charge in [0.05, 0.1) is 13.5 Å². The van der Waals surface area contributed by atoms with E-state index in [0.29, 0.717) is 5.56 Å². The minimum atomic E-state index is -0.757. The first-order chi connectivity index (χ1) is 7.04. The van der Waals surface area contributed by atoms with Crippen LogP contribution in [0.15, 0.2) is 18.2 Å². The van der Waals surface area contributed by atoms with Crippen molar-refractivity contribution in [2.24, 2.45) is 5.73 Å². The smallest absolute Gasteiger partial charge is 0.307 e. The monoisotopic (exact) mass is 249 g/mol. The first-order valence-electron chi connectivity index (χ1n) is 4.35. The van der Waals surface area contributed by atoms with Crippen LogP contribution in [0.25, 0.3) is 0 Å². The molecule has 0 fully saturated rings. The molecule has 0 aliphatic carbocycles. The molecule has 0 radical (unpaired) electrons. The zero-order chi connectivity index (χ0) is 11.4. The normalized spacial score (nSPS) is 11.4. The number of ether oxygens (including phenoxy) is 1. The molecule has 1 aromatic rings. The number of methoxy groups -OCH3 is 1. The highest BCUT2D eigenvalue weighted by atomic mass is 35.5. The molecule has 1 atom stereocenters. The second kappa shape index (κ2) is 6.30. The number of halogens is 2. The van der Waals surface area contributed by atoms with Gasteiger partial charge in [-0.15, -0.1) is 12.4 Å². The summed E-state index contributed by atoms with van der Waals surface area (Å²) in [5.41, 5.74) is 6.08. The third-order valence-electron chi connectivity index (χ3n) is 2.01. The quantitative estimate of drug-likeness (QED) is 0.797. The molecule has 0 aliphatic rings. The average molecular weight is 250 g/mol. The van der Waals surface area contributed by atoms with E-state index in [1.54, 1.807) is 0 Å². The largest absolute Gasteiger partial charge is 0.505 e. The summed E-state index contributed by atoms with van der Waals surface area (Å²) in [6.07, 6.45) is -0.0271. The Balaban J connectivity index is 0.00000225. The van der Waals surface area contributed by atoms with Crippen molar-refractivity contribution in [2.75, 3.05) is 7.11 Å². The molecule has 0 saturated carbocycles. The Bertz CT molecular complexity index is 373. The summed E-state index contributed by atoms with van der Waals surface area (Å²) in [7, 11) is 1.26. The molecule has 1 rings (SSSR count). The molecule has 3 N–H and O–H groups in total. The summed E-state index contributed by atoms with van der Waals surface area (Å²) >= 11 is 0. The van der Waals surface area contributed by atoms with Gasteiger partial charge in [0.2, 0.25) is 0 Å². The second-order valence-electron chi connectivity index (χ2n) is 3.10. The Kier molecular flexibility index (Phi) is 5.77. The molecule has 0 bridgehead atoms. The van der Waals surface area contributed by atoms with E-state index in [9.17, 15) is 9.18 Å². The number of phenolic OH excluding ortho intramolecular Hbond substituents is 1. The number of hydrogen-bond acceptors (Lipinski definition) is 4. The predicted molar refractivity (Wildman–Crippen MR) is 58.9 cm³/mol. The van der Waals surface area contributed by atoms with Crippen LogP contribution in [0.4, 0.5) is 4.39 Å². The molecule has 0 heterocycles. The molecule has 16 heavy (non-hydrogen) atoms. The fraction of sp³-hybridized carbons (Fsp3) is 0.300. The summed E-state index contributed by atoms with van der Waals surface area (Å²) in [5.74, 6) is -1.66. The van der Waals surface area contributed by atoms with Gasteiger partial charge in [0.15, 0.2) is 11.6 Å². The third-order valence-corrected chi connectivity index (χ3v) is 2.01. The van der Waals surface area contributed by atoms with Crippen LogP contribution in [-0.2, 0) is 9.53 Å². The van der Waals surface area contributed by atoms with Crippen molar-refractivity contribution in [1.29, 1.82) is 0 Å². The van der Waals surface area contributed by atoms with Crippen molar-refractivity contribution < 1.29 is 19.0 Å². The molecule has 90 valence electrons. The highest BCUT2D eigenvalue weighted by Crippen LogP contribution is 2.21. The lowest BCUT2D eigenvalue weighted by Gasteiger charge is -2.10. The summed E-state index contributed by atoms with van der Waals surface area (Å²) in [6, 6.07) is 3.13. The molecule has 0 spiro atoms. The van der Waals surface area contributed by atoms with E-state index in [1.807, 2.05) is 0 Å². The molecular formula is C10H13ClFNO3. The number of nitrogens with two attached hydrogens (primary N) is 1. The van der Waals surface area contributed by atoms with Crippen LogP contribution in [0.3, 0.4) is 0 Å². The first kappa shape index (κ1) is 14.7. The number of esters is 1. The van der Waals surface area contributed by atoms with Gasteiger partial charge in [0, 0.05) is 6.04 Å². The van der Waals surface area contributed by atoms with Gasteiger partial charge in [0.1, 0.15) is 0 Å². The topological polar surface area (TPSA) is 72.5 Å². The van der Waals surface area contributed by atoms with E-state index in [1.165, 1.54) is 19.2 Å². The first-order valence-corrected chi connectivity index (χ1v) is 4.35. The Hall–Kier alpha value is -1.33. The van der Waals surface area contributed by atoms with Gasteiger partial charge in [-0.3, -0.25) is 4.79 Å². The van der Waals surface area contributed by atoms with E-state index in [2.05, 4.69) is 4.74 Å². The summed E-state index contributed by atoms with van der Waals surface area (Å²) in [6.45, 7) is 0. The third kappa shape index (κ3) is 3.67. The summed E-state index contributed by atoms with van der Waals surface area (Å²) in [5, 5.41) is 8.95. The van der Waals surface area contributed by atoms with Crippen molar-refractivity contribution in [3.8, 4) is 5.75 Å². The number of phenols is 1. The summed E-state index contributed by atoms with van der Waals surface area (Å²) in [4.78, 5) is 10.9. The van der Waals surface area contributed by atoms with E-state index < -0.39 is 23.6 Å². The van der Waals surface area contributed by atoms with Crippen LogP contribution in [0.5, 0.6) is 5.75 Å². The number of benzene rings is 1. The summed E-state index contributed by atoms with van der Waals surface area (Å²) < 4.78 is 17.4. The lowest BCUT2D eigenvalue weighted by molar-refractivity contribution is -0.141. The zero-order valence-electron chi connectivity index (χ0n) is 8.64. The van der Waals surface area contributed by atoms with Crippen molar-refractivity contribution in [1.82, 2.24) is 0 Å². The Morgan fingerprint density at radius 2 is 2.25 bits per heavy atom. The van der Waals surface area contributed by atoms with Crippen molar-refractivity contribution >= 4 is 18.4 Å². The number of rotatable bonds is 3. The Labute approximate surface area is 98.6 Å².